The number of amides is 4. The summed E-state index contributed by atoms with van der Waals surface area (Å²) in [7, 11) is 0. The Kier molecular flexibility index (Phi) is 4.49. The van der Waals surface area contributed by atoms with Gasteiger partial charge in [-0.1, -0.05) is 18.2 Å². The number of hydrogen-bond acceptors (Lipinski definition) is 3. The number of carbonyl (C=O) groups is 3. The summed E-state index contributed by atoms with van der Waals surface area (Å²) in [5.74, 6) is -1.02. The Morgan fingerprint density at radius 2 is 1.71 bits per heavy atom. The monoisotopic (exact) mass is 236 g/mol. The molecule has 0 fully saturated rings. The average molecular weight is 236 g/mol. The SMILES string of the molecule is NC(=O)NCC(=O)NNC(=O)c1ccccc1. The zero-order chi connectivity index (χ0) is 12.7. The highest BCUT2D eigenvalue weighted by Gasteiger charge is 2.06. The van der Waals surface area contributed by atoms with E-state index in [1.165, 1.54) is 0 Å². The molecule has 0 saturated heterocycles. The van der Waals surface area contributed by atoms with E-state index in [2.05, 4.69) is 16.2 Å². The van der Waals surface area contributed by atoms with Crippen molar-refractivity contribution in [2.45, 2.75) is 0 Å². The normalized spacial score (nSPS) is 9.18. The lowest BCUT2D eigenvalue weighted by atomic mass is 10.2. The van der Waals surface area contributed by atoms with E-state index in [1.54, 1.807) is 30.3 Å². The maximum atomic E-state index is 11.4. The summed E-state index contributed by atoms with van der Waals surface area (Å²) < 4.78 is 0. The molecule has 17 heavy (non-hydrogen) atoms. The third kappa shape index (κ3) is 4.65. The fourth-order valence-corrected chi connectivity index (χ4v) is 1.000. The van der Waals surface area contributed by atoms with E-state index in [1.807, 2.05) is 0 Å². The van der Waals surface area contributed by atoms with Crippen molar-refractivity contribution in [3.05, 3.63) is 35.9 Å². The number of carbonyl (C=O) groups excluding carboxylic acids is 3. The van der Waals surface area contributed by atoms with Crippen LogP contribution in [0.2, 0.25) is 0 Å². The van der Waals surface area contributed by atoms with E-state index in [0.717, 1.165) is 0 Å². The molecule has 7 heteroatoms. The van der Waals surface area contributed by atoms with E-state index < -0.39 is 17.8 Å². The minimum atomic E-state index is -0.811. The molecule has 0 radical (unpaired) electrons. The van der Waals surface area contributed by atoms with Gasteiger partial charge in [-0.25, -0.2) is 4.79 Å². The summed E-state index contributed by atoms with van der Waals surface area (Å²) in [6, 6.07) is 7.56. The van der Waals surface area contributed by atoms with Crippen molar-refractivity contribution >= 4 is 17.8 Å². The molecule has 1 aromatic carbocycles. The van der Waals surface area contributed by atoms with Crippen LogP contribution in [-0.4, -0.2) is 24.4 Å². The molecule has 4 amide bonds. The van der Waals surface area contributed by atoms with Crippen LogP contribution in [0, 0.1) is 0 Å². The molecule has 0 unspecified atom stereocenters. The van der Waals surface area contributed by atoms with Crippen LogP contribution in [-0.2, 0) is 4.79 Å². The van der Waals surface area contributed by atoms with Gasteiger partial charge in [-0.05, 0) is 12.1 Å². The summed E-state index contributed by atoms with van der Waals surface area (Å²) in [5.41, 5.74) is 9.50. The molecule has 0 aliphatic carbocycles. The fourth-order valence-electron chi connectivity index (χ4n) is 1.000. The zero-order valence-electron chi connectivity index (χ0n) is 8.90. The maximum Gasteiger partial charge on any atom is 0.312 e. The van der Waals surface area contributed by atoms with Crippen molar-refractivity contribution in [3.8, 4) is 0 Å². The molecule has 5 N–H and O–H groups in total. The van der Waals surface area contributed by atoms with Crippen LogP contribution in [0.25, 0.3) is 0 Å². The van der Waals surface area contributed by atoms with Crippen LogP contribution in [0.4, 0.5) is 4.79 Å². The van der Waals surface area contributed by atoms with Gasteiger partial charge in [-0.2, -0.15) is 0 Å². The van der Waals surface area contributed by atoms with Gasteiger partial charge in [0.25, 0.3) is 11.8 Å². The molecule has 0 aliphatic heterocycles. The fraction of sp³-hybridized carbons (Fsp3) is 0.100. The molecule has 90 valence electrons. The van der Waals surface area contributed by atoms with Crippen molar-refractivity contribution in [1.82, 2.24) is 16.2 Å². The highest BCUT2D eigenvalue weighted by atomic mass is 16.2. The Bertz CT molecular complexity index is 419. The standard InChI is InChI=1S/C10H12N4O3/c11-10(17)12-6-8(15)13-14-9(16)7-4-2-1-3-5-7/h1-5H,6H2,(H,13,15)(H,14,16)(H3,11,12,17). The largest absolute Gasteiger partial charge is 0.352 e. The molecular formula is C10H12N4O3. The Morgan fingerprint density at radius 3 is 2.29 bits per heavy atom. The Balaban J connectivity index is 2.34. The van der Waals surface area contributed by atoms with Crippen LogP contribution in [0.3, 0.4) is 0 Å². The van der Waals surface area contributed by atoms with Gasteiger partial charge in [0.1, 0.15) is 6.54 Å². The highest BCUT2D eigenvalue weighted by Crippen LogP contribution is 1.96. The van der Waals surface area contributed by atoms with Crippen LogP contribution in [0.15, 0.2) is 30.3 Å². The van der Waals surface area contributed by atoms with Gasteiger partial charge in [0.2, 0.25) is 0 Å². The van der Waals surface area contributed by atoms with Crippen LogP contribution in [0.5, 0.6) is 0 Å². The van der Waals surface area contributed by atoms with Gasteiger partial charge in [-0.15, -0.1) is 0 Å². The second-order valence-corrected chi connectivity index (χ2v) is 3.09. The summed E-state index contributed by atoms with van der Waals surface area (Å²) in [4.78, 5) is 32.8. The van der Waals surface area contributed by atoms with Crippen molar-refractivity contribution in [2.75, 3.05) is 6.54 Å². The van der Waals surface area contributed by atoms with E-state index in [0.29, 0.717) is 5.56 Å². The molecule has 0 heterocycles. The first-order chi connectivity index (χ1) is 8.09. The number of hydrogen-bond donors (Lipinski definition) is 4. The Morgan fingerprint density at radius 1 is 1.06 bits per heavy atom. The predicted octanol–water partition coefficient (Wildman–Crippen LogP) is -0.884. The summed E-state index contributed by atoms with van der Waals surface area (Å²) in [5, 5.41) is 2.08. The molecule has 0 aromatic heterocycles. The molecule has 0 atom stereocenters. The Labute approximate surface area is 97.3 Å². The summed E-state index contributed by atoms with van der Waals surface area (Å²) in [6.45, 7) is -0.301. The lowest BCUT2D eigenvalue weighted by Gasteiger charge is -2.07. The van der Waals surface area contributed by atoms with Gasteiger partial charge in [0.15, 0.2) is 0 Å². The number of rotatable bonds is 3. The molecular weight excluding hydrogens is 224 g/mol. The summed E-state index contributed by atoms with van der Waals surface area (Å²) >= 11 is 0. The van der Waals surface area contributed by atoms with E-state index in [4.69, 9.17) is 5.73 Å². The van der Waals surface area contributed by atoms with Crippen LogP contribution < -0.4 is 21.9 Å². The van der Waals surface area contributed by atoms with E-state index in [-0.39, 0.29) is 6.54 Å². The average Bonchev–Trinajstić information content (AvgIpc) is 2.34. The number of nitrogens with two attached hydrogens (primary N) is 1. The predicted molar refractivity (Wildman–Crippen MR) is 59.6 cm³/mol. The first-order valence-electron chi connectivity index (χ1n) is 4.77. The molecule has 0 aliphatic rings. The van der Waals surface area contributed by atoms with E-state index in [9.17, 15) is 14.4 Å². The van der Waals surface area contributed by atoms with Gasteiger partial charge in [-0.3, -0.25) is 20.4 Å². The maximum absolute atomic E-state index is 11.4. The number of nitrogens with one attached hydrogen (secondary N) is 3. The molecule has 0 bridgehead atoms. The third-order valence-corrected chi connectivity index (χ3v) is 1.77. The number of hydrazine groups is 1. The molecule has 7 nitrogen and oxygen atoms in total. The van der Waals surface area contributed by atoms with Crippen molar-refractivity contribution in [3.63, 3.8) is 0 Å². The highest BCUT2D eigenvalue weighted by molar-refractivity contribution is 5.95. The Hall–Kier alpha value is -2.57. The molecule has 0 saturated carbocycles. The van der Waals surface area contributed by atoms with Gasteiger partial charge >= 0.3 is 6.03 Å². The van der Waals surface area contributed by atoms with Crippen LogP contribution in [0.1, 0.15) is 10.4 Å². The number of benzene rings is 1. The first kappa shape index (κ1) is 12.5. The molecule has 1 rings (SSSR count). The van der Waals surface area contributed by atoms with Crippen molar-refractivity contribution < 1.29 is 14.4 Å². The second-order valence-electron chi connectivity index (χ2n) is 3.09. The molecule has 1 aromatic rings. The summed E-state index contributed by atoms with van der Waals surface area (Å²) in [6.07, 6.45) is 0. The van der Waals surface area contributed by atoms with Gasteiger partial charge in [0.05, 0.1) is 0 Å². The number of urea groups is 1. The topological polar surface area (TPSA) is 113 Å². The van der Waals surface area contributed by atoms with Crippen molar-refractivity contribution in [2.24, 2.45) is 5.73 Å². The first-order valence-corrected chi connectivity index (χ1v) is 4.77. The molecule has 0 spiro atoms. The van der Waals surface area contributed by atoms with Gasteiger partial charge in [0, 0.05) is 5.56 Å². The number of primary amides is 1. The van der Waals surface area contributed by atoms with Gasteiger partial charge < -0.3 is 11.1 Å². The smallest absolute Gasteiger partial charge is 0.312 e. The minimum absolute atomic E-state index is 0.301. The lowest BCUT2D eigenvalue weighted by molar-refractivity contribution is -0.120. The van der Waals surface area contributed by atoms with Crippen LogP contribution >= 0.6 is 0 Å². The third-order valence-electron chi connectivity index (χ3n) is 1.77. The van der Waals surface area contributed by atoms with E-state index >= 15 is 0 Å². The van der Waals surface area contributed by atoms with Crippen molar-refractivity contribution in [1.29, 1.82) is 0 Å². The zero-order valence-corrected chi connectivity index (χ0v) is 8.90. The quantitative estimate of drug-likeness (QED) is 0.511. The lowest BCUT2D eigenvalue weighted by Crippen LogP contribution is -2.47. The minimum Gasteiger partial charge on any atom is -0.352 e. The second kappa shape index (κ2) is 6.11.